The van der Waals surface area contributed by atoms with Crippen LogP contribution in [0.5, 0.6) is 6.01 Å². The zero-order valence-electron chi connectivity index (χ0n) is 21.7. The monoisotopic (exact) mass is 575 g/mol. The number of aliphatic hydroxyl groups excluding tert-OH is 1. The molecule has 5 heterocycles. The third kappa shape index (κ3) is 4.54. The largest absolute Gasteiger partial charge is 0.463 e. The predicted octanol–water partition coefficient (Wildman–Crippen LogP) is 4.78. The van der Waals surface area contributed by atoms with Gasteiger partial charge in [-0.25, -0.2) is 13.8 Å². The second-order valence-electron chi connectivity index (χ2n) is 10.1. The van der Waals surface area contributed by atoms with Crippen molar-refractivity contribution in [1.82, 2.24) is 24.5 Å². The van der Waals surface area contributed by atoms with Crippen molar-refractivity contribution in [2.45, 2.75) is 31.8 Å². The number of hydrogen-bond acceptors (Lipinski definition) is 8. The van der Waals surface area contributed by atoms with E-state index < -0.39 is 18.7 Å². The zero-order chi connectivity index (χ0) is 28.1. The Kier molecular flexibility index (Phi) is 6.47. The minimum atomic E-state index is -0.697. The van der Waals surface area contributed by atoms with Gasteiger partial charge in [0.2, 0.25) is 0 Å². The molecule has 2 atom stereocenters. The lowest BCUT2D eigenvalue weighted by Crippen LogP contribution is -2.38. The van der Waals surface area contributed by atoms with Crippen LogP contribution < -0.4 is 9.64 Å². The van der Waals surface area contributed by atoms with Gasteiger partial charge in [-0.05, 0) is 11.5 Å². The summed E-state index contributed by atoms with van der Waals surface area (Å²) < 4.78 is 36.9. The highest BCUT2D eigenvalue weighted by atomic mass is 35.5. The van der Waals surface area contributed by atoms with Gasteiger partial charge in [0.1, 0.15) is 22.9 Å². The molecule has 12 heteroatoms. The molecule has 2 aromatic carbocycles. The Bertz CT molecular complexity index is 1820. The van der Waals surface area contributed by atoms with Crippen molar-refractivity contribution in [2.24, 2.45) is 4.99 Å². The first-order valence-corrected chi connectivity index (χ1v) is 13.6. The van der Waals surface area contributed by atoms with Gasteiger partial charge in [0, 0.05) is 53.9 Å². The average Bonchev–Trinajstić information content (AvgIpc) is 3.54. The molecule has 0 radical (unpaired) electrons. The van der Waals surface area contributed by atoms with Crippen molar-refractivity contribution < 1.29 is 18.6 Å². The van der Waals surface area contributed by atoms with E-state index in [1.54, 1.807) is 24.5 Å². The Morgan fingerprint density at radius 1 is 1.12 bits per heavy atom. The van der Waals surface area contributed by atoms with Crippen molar-refractivity contribution >= 4 is 44.8 Å². The fourth-order valence-electron chi connectivity index (χ4n) is 5.62. The Labute approximate surface area is 238 Å². The number of aliphatic hydroxyl groups is 1. The van der Waals surface area contributed by atoms with E-state index in [1.165, 1.54) is 10.8 Å². The van der Waals surface area contributed by atoms with Crippen molar-refractivity contribution in [3.05, 3.63) is 71.7 Å². The Hall–Kier alpha value is -4.22. The number of alkyl halides is 1. The molecule has 208 valence electrons. The molecule has 0 unspecified atom stereocenters. The highest BCUT2D eigenvalue weighted by Crippen LogP contribution is 2.38. The molecule has 0 amide bonds. The lowest BCUT2D eigenvalue weighted by Gasteiger charge is -2.28. The number of anilines is 1. The van der Waals surface area contributed by atoms with E-state index in [1.807, 2.05) is 29.2 Å². The smallest absolute Gasteiger partial charge is 0.319 e. The van der Waals surface area contributed by atoms with Crippen LogP contribution >= 0.6 is 11.6 Å². The molecule has 2 aliphatic heterocycles. The summed E-state index contributed by atoms with van der Waals surface area (Å²) >= 11 is 6.54. The first-order chi connectivity index (χ1) is 20.0. The lowest BCUT2D eigenvalue weighted by molar-refractivity contribution is 0.236. The zero-order valence-corrected chi connectivity index (χ0v) is 22.5. The minimum absolute atomic E-state index is 0.0294. The predicted molar refractivity (Wildman–Crippen MR) is 152 cm³/mol. The van der Waals surface area contributed by atoms with Gasteiger partial charge in [-0.3, -0.25) is 9.98 Å². The number of pyridine rings is 1. The number of hydrogen-bond donors (Lipinski definition) is 1. The molecule has 2 aliphatic rings. The average molecular weight is 576 g/mol. The van der Waals surface area contributed by atoms with Crippen molar-refractivity contribution in [3.8, 4) is 17.3 Å². The number of aromatic nitrogens is 5. The number of fused-ring (bicyclic) bond motifs is 3. The van der Waals surface area contributed by atoms with E-state index in [9.17, 15) is 9.50 Å². The van der Waals surface area contributed by atoms with Gasteiger partial charge < -0.3 is 19.3 Å². The summed E-state index contributed by atoms with van der Waals surface area (Å²) in [6.45, 7) is 0.257. The molecule has 41 heavy (non-hydrogen) atoms. The number of rotatable bonds is 7. The molecule has 0 fully saturated rings. The third-order valence-electron chi connectivity index (χ3n) is 7.55. The van der Waals surface area contributed by atoms with E-state index in [-0.39, 0.29) is 29.9 Å². The number of nitrogens with zero attached hydrogens (tertiary/aromatic N) is 7. The minimum Gasteiger partial charge on any atom is -0.463 e. The SMILES string of the molecule is O[C@@H]1C[C@@H]2CN(c3nc(OCCc4nccn4CF)nc4c(F)c(-c5cccc6cccc(Cl)c56)ncc34)CC1=N2. The molecule has 2 bridgehead atoms. The van der Waals surface area contributed by atoms with Crippen LogP contribution in [0.4, 0.5) is 14.6 Å². The van der Waals surface area contributed by atoms with Gasteiger partial charge >= 0.3 is 6.01 Å². The van der Waals surface area contributed by atoms with Crippen LogP contribution in [0.15, 0.2) is 60.0 Å². The second kappa shape index (κ2) is 10.3. The van der Waals surface area contributed by atoms with E-state index in [0.717, 1.165) is 5.39 Å². The highest BCUT2D eigenvalue weighted by Gasteiger charge is 2.35. The van der Waals surface area contributed by atoms with Crippen LogP contribution in [0.25, 0.3) is 32.9 Å². The molecule has 7 rings (SSSR count). The molecule has 0 saturated heterocycles. The van der Waals surface area contributed by atoms with Gasteiger partial charge in [-0.15, -0.1) is 0 Å². The van der Waals surface area contributed by atoms with E-state index in [2.05, 4.69) is 24.9 Å². The van der Waals surface area contributed by atoms with Crippen LogP contribution in [0.1, 0.15) is 12.2 Å². The standard InChI is InChI=1S/C29H24ClF2N7O2/c30-20-6-2-4-16-3-1-5-18(24(16)20)26-25(32)27-19(12-34-26)28(39-13-17-11-22(40)21(14-39)35-17)37-29(36-27)41-10-7-23-33-8-9-38(23)15-31/h1-6,8-9,12,17,22,40H,7,10-11,13-15H2/t17-,22-/m1/s1. The van der Waals surface area contributed by atoms with Gasteiger partial charge in [0.15, 0.2) is 12.6 Å². The Balaban J connectivity index is 1.32. The van der Waals surface area contributed by atoms with Crippen molar-refractivity contribution in [2.75, 3.05) is 24.6 Å². The fourth-order valence-corrected chi connectivity index (χ4v) is 5.91. The number of ether oxygens (including phenoxy) is 1. The quantitative estimate of drug-likeness (QED) is 0.298. The van der Waals surface area contributed by atoms with Crippen LogP contribution in [0, 0.1) is 5.82 Å². The van der Waals surface area contributed by atoms with Crippen molar-refractivity contribution in [1.29, 1.82) is 0 Å². The normalized spacial score (nSPS) is 18.3. The summed E-state index contributed by atoms with van der Waals surface area (Å²) in [5.41, 5.74) is 1.37. The first kappa shape index (κ1) is 25.7. The maximum atomic E-state index is 16.4. The topological polar surface area (TPSA) is 102 Å². The summed E-state index contributed by atoms with van der Waals surface area (Å²) in [5, 5.41) is 12.8. The first-order valence-electron chi connectivity index (χ1n) is 13.2. The number of aliphatic imine (C=N–C) groups is 1. The van der Waals surface area contributed by atoms with E-state index in [4.69, 9.17) is 16.3 Å². The van der Waals surface area contributed by atoms with Crippen LogP contribution in [0.3, 0.4) is 0 Å². The summed E-state index contributed by atoms with van der Waals surface area (Å²) in [6.07, 6.45) is 4.87. The molecular formula is C29H24ClF2N7O2. The Morgan fingerprint density at radius 3 is 2.80 bits per heavy atom. The molecule has 0 aliphatic carbocycles. The molecule has 0 spiro atoms. The third-order valence-corrected chi connectivity index (χ3v) is 7.87. The fraction of sp³-hybridized carbons (Fsp3) is 0.276. The number of benzene rings is 2. The molecule has 5 aromatic rings. The Morgan fingerprint density at radius 2 is 1.98 bits per heavy atom. The van der Waals surface area contributed by atoms with Gasteiger partial charge in [-0.2, -0.15) is 9.97 Å². The summed E-state index contributed by atoms with van der Waals surface area (Å²) in [4.78, 5) is 24.3. The van der Waals surface area contributed by atoms with E-state index >= 15 is 4.39 Å². The molecule has 1 N–H and O–H groups in total. The van der Waals surface area contributed by atoms with E-state index in [0.29, 0.717) is 64.6 Å². The lowest BCUT2D eigenvalue weighted by atomic mass is 10.0. The molecule has 0 saturated carbocycles. The van der Waals surface area contributed by atoms with Crippen LogP contribution in [0.2, 0.25) is 5.02 Å². The van der Waals surface area contributed by atoms with Gasteiger partial charge in [0.25, 0.3) is 0 Å². The summed E-state index contributed by atoms with van der Waals surface area (Å²) in [6, 6.07) is 10.9. The number of halogens is 3. The molecule has 3 aromatic heterocycles. The van der Waals surface area contributed by atoms with Gasteiger partial charge in [0.05, 0.1) is 36.4 Å². The van der Waals surface area contributed by atoms with Gasteiger partial charge in [-0.1, -0.05) is 41.9 Å². The van der Waals surface area contributed by atoms with Crippen molar-refractivity contribution in [3.63, 3.8) is 0 Å². The number of imidazole rings is 1. The summed E-state index contributed by atoms with van der Waals surface area (Å²) in [7, 11) is 0. The molecule has 9 nitrogen and oxygen atoms in total. The maximum Gasteiger partial charge on any atom is 0.319 e. The maximum absolute atomic E-state index is 16.4. The summed E-state index contributed by atoms with van der Waals surface area (Å²) in [5.74, 6) is 0.322. The second-order valence-corrected chi connectivity index (χ2v) is 10.5. The van der Waals surface area contributed by atoms with Crippen LogP contribution in [-0.4, -0.2) is 67.2 Å². The molecular weight excluding hydrogens is 552 g/mol. The van der Waals surface area contributed by atoms with Crippen LogP contribution in [-0.2, 0) is 13.2 Å². The highest BCUT2D eigenvalue weighted by molar-refractivity contribution is 6.36.